The molecule has 0 heterocycles. The molecule has 0 bridgehead atoms. The van der Waals surface area contributed by atoms with E-state index in [0.29, 0.717) is 5.03 Å². The van der Waals surface area contributed by atoms with Crippen LogP contribution in [0.15, 0.2) is 45.8 Å². The van der Waals surface area contributed by atoms with Crippen molar-refractivity contribution in [3.05, 3.63) is 40.9 Å². The van der Waals surface area contributed by atoms with Gasteiger partial charge in [-0.1, -0.05) is 50.6 Å². The van der Waals surface area contributed by atoms with E-state index in [4.69, 9.17) is 11.6 Å². The van der Waals surface area contributed by atoms with Crippen molar-refractivity contribution in [1.82, 2.24) is 0 Å². The topological polar surface area (TPSA) is 17.1 Å². The monoisotopic (exact) mass is 266 g/mol. The first-order valence-corrected chi connectivity index (χ1v) is 6.83. The van der Waals surface area contributed by atoms with Gasteiger partial charge in [-0.15, -0.1) is 11.8 Å². The van der Waals surface area contributed by atoms with Gasteiger partial charge in [0, 0.05) is 4.90 Å². The highest BCUT2D eigenvalue weighted by molar-refractivity contribution is 8.01. The number of Topliss-reactive ketones (excluding diaryl/α,β-unsaturated/α-hetero) is 1. The smallest absolute Gasteiger partial charge is 0.191 e. The molecule has 0 aliphatic heterocycles. The van der Waals surface area contributed by atoms with E-state index in [2.05, 4.69) is 20.8 Å². The van der Waals surface area contributed by atoms with Gasteiger partial charge in [0.1, 0.15) is 0 Å². The molecule has 0 fully saturated rings. The fourth-order valence-corrected chi connectivity index (χ4v) is 3.92. The molecule has 0 saturated heterocycles. The van der Waals surface area contributed by atoms with Crippen LogP contribution in [0.5, 0.6) is 0 Å². The molecule has 0 saturated carbocycles. The summed E-state index contributed by atoms with van der Waals surface area (Å²) in [4.78, 5) is 12.9. The maximum absolute atomic E-state index is 11.8. The number of benzene rings is 1. The molecular weight excluding hydrogens is 252 g/mol. The van der Waals surface area contributed by atoms with Gasteiger partial charge in [0.05, 0.1) is 10.3 Å². The number of carbonyl (C=O) groups excluding carboxylic acids is 1. The lowest BCUT2D eigenvalue weighted by molar-refractivity contribution is -0.115. The van der Waals surface area contributed by atoms with Gasteiger partial charge >= 0.3 is 0 Å². The Morgan fingerprint density at radius 1 is 1.18 bits per heavy atom. The molecular formula is C14H15ClOS. The molecule has 0 amide bonds. The highest BCUT2D eigenvalue weighted by atomic mass is 35.5. The van der Waals surface area contributed by atoms with Crippen molar-refractivity contribution in [3.8, 4) is 0 Å². The second kappa shape index (κ2) is 4.51. The summed E-state index contributed by atoms with van der Waals surface area (Å²) in [6.45, 7) is 6.28. The van der Waals surface area contributed by atoms with Crippen LogP contribution in [-0.4, -0.2) is 11.0 Å². The third-order valence-electron chi connectivity index (χ3n) is 2.76. The van der Waals surface area contributed by atoms with Gasteiger partial charge in [0.2, 0.25) is 0 Å². The van der Waals surface area contributed by atoms with Crippen molar-refractivity contribution < 1.29 is 4.79 Å². The summed E-state index contributed by atoms with van der Waals surface area (Å²) in [7, 11) is 0. The van der Waals surface area contributed by atoms with E-state index in [1.807, 2.05) is 30.3 Å². The van der Waals surface area contributed by atoms with E-state index in [1.54, 1.807) is 11.8 Å². The number of thioether (sulfide) groups is 1. The van der Waals surface area contributed by atoms with Crippen LogP contribution in [0.4, 0.5) is 0 Å². The average Bonchev–Trinajstić information content (AvgIpc) is 2.27. The Hall–Kier alpha value is -0.730. The largest absolute Gasteiger partial charge is 0.292 e. The maximum atomic E-state index is 11.8. The summed E-state index contributed by atoms with van der Waals surface area (Å²) in [6, 6.07) is 9.97. The molecule has 2 rings (SSSR count). The van der Waals surface area contributed by atoms with Gasteiger partial charge in [0.25, 0.3) is 0 Å². The minimum Gasteiger partial charge on any atom is -0.292 e. The van der Waals surface area contributed by atoms with Crippen LogP contribution >= 0.6 is 23.4 Å². The summed E-state index contributed by atoms with van der Waals surface area (Å²) in [5.41, 5.74) is 1.02. The van der Waals surface area contributed by atoms with E-state index in [1.165, 1.54) is 0 Å². The number of ketones is 1. The molecule has 1 unspecified atom stereocenters. The van der Waals surface area contributed by atoms with Gasteiger partial charge in [0.15, 0.2) is 5.78 Å². The number of hydrogen-bond acceptors (Lipinski definition) is 2. The highest BCUT2D eigenvalue weighted by Gasteiger charge is 2.44. The quantitative estimate of drug-likeness (QED) is 0.795. The molecule has 17 heavy (non-hydrogen) atoms. The predicted octanol–water partition coefficient (Wildman–Crippen LogP) is 4.27. The predicted molar refractivity (Wildman–Crippen MR) is 73.4 cm³/mol. The standard InChI is InChI=1S/C14H15ClOS/c1-14(2,3)10-11(15)12(16)13(10)17-9-7-5-4-6-8-9/h4-8,13H,1-3H3. The number of rotatable bonds is 2. The molecule has 90 valence electrons. The number of halogens is 1. The van der Waals surface area contributed by atoms with E-state index >= 15 is 0 Å². The van der Waals surface area contributed by atoms with Crippen molar-refractivity contribution in [2.75, 3.05) is 0 Å². The average molecular weight is 267 g/mol. The van der Waals surface area contributed by atoms with Gasteiger partial charge in [-0.05, 0) is 23.1 Å². The Labute approximate surface area is 111 Å². The van der Waals surface area contributed by atoms with Crippen LogP contribution in [0, 0.1) is 5.41 Å². The molecule has 3 heteroatoms. The second-order valence-corrected chi connectivity index (χ2v) is 6.71. The van der Waals surface area contributed by atoms with E-state index in [-0.39, 0.29) is 16.4 Å². The van der Waals surface area contributed by atoms with Crippen molar-refractivity contribution >= 4 is 29.1 Å². The fourth-order valence-electron chi connectivity index (χ4n) is 1.89. The summed E-state index contributed by atoms with van der Waals surface area (Å²) in [5.74, 6) is 0.0606. The first-order chi connectivity index (χ1) is 7.91. The normalized spacial score (nSPS) is 20.5. The van der Waals surface area contributed by atoms with Crippen LogP contribution < -0.4 is 0 Å². The number of carbonyl (C=O) groups is 1. The van der Waals surface area contributed by atoms with E-state index in [0.717, 1.165) is 10.5 Å². The van der Waals surface area contributed by atoms with E-state index < -0.39 is 0 Å². The SMILES string of the molecule is CC(C)(C)C1=C(Cl)C(=O)C1Sc1ccccc1. The Balaban J connectivity index is 2.22. The zero-order chi connectivity index (χ0) is 12.6. The molecule has 1 aliphatic rings. The van der Waals surface area contributed by atoms with Gasteiger partial charge in [-0.25, -0.2) is 0 Å². The second-order valence-electron chi connectivity index (χ2n) is 5.15. The minimum absolute atomic E-state index is 0.0442. The zero-order valence-corrected chi connectivity index (χ0v) is 11.7. The lowest BCUT2D eigenvalue weighted by Crippen LogP contribution is -2.38. The Bertz CT molecular complexity index is 471. The molecule has 1 aliphatic carbocycles. The van der Waals surface area contributed by atoms with Crippen LogP contribution in [0.2, 0.25) is 0 Å². The first kappa shape index (κ1) is 12.7. The van der Waals surface area contributed by atoms with Crippen molar-refractivity contribution in [1.29, 1.82) is 0 Å². The van der Waals surface area contributed by atoms with Gasteiger partial charge in [-0.3, -0.25) is 4.79 Å². The number of hydrogen-bond donors (Lipinski definition) is 0. The van der Waals surface area contributed by atoms with Crippen molar-refractivity contribution in [2.45, 2.75) is 30.9 Å². The minimum atomic E-state index is -0.107. The van der Waals surface area contributed by atoms with Crippen LogP contribution in [0.3, 0.4) is 0 Å². The molecule has 1 aromatic carbocycles. The molecule has 0 aromatic heterocycles. The first-order valence-electron chi connectivity index (χ1n) is 5.57. The third kappa shape index (κ3) is 2.43. The molecule has 0 radical (unpaired) electrons. The van der Waals surface area contributed by atoms with Crippen molar-refractivity contribution in [2.24, 2.45) is 5.41 Å². The zero-order valence-electron chi connectivity index (χ0n) is 10.2. The van der Waals surface area contributed by atoms with Crippen LogP contribution in [0.25, 0.3) is 0 Å². The lowest BCUT2D eigenvalue weighted by atomic mass is 9.76. The maximum Gasteiger partial charge on any atom is 0.191 e. The summed E-state index contributed by atoms with van der Waals surface area (Å²) < 4.78 is 0. The highest BCUT2D eigenvalue weighted by Crippen LogP contribution is 2.48. The van der Waals surface area contributed by atoms with Crippen molar-refractivity contribution in [3.63, 3.8) is 0 Å². The Kier molecular flexibility index (Phi) is 3.37. The molecule has 1 atom stereocenters. The number of allylic oxidation sites excluding steroid dienone is 1. The Morgan fingerprint density at radius 2 is 1.76 bits per heavy atom. The summed E-state index contributed by atoms with van der Waals surface area (Å²) in [6.07, 6.45) is 0. The van der Waals surface area contributed by atoms with E-state index in [9.17, 15) is 4.79 Å². The van der Waals surface area contributed by atoms with Gasteiger partial charge in [-0.2, -0.15) is 0 Å². The molecule has 0 N–H and O–H groups in total. The molecule has 1 aromatic rings. The summed E-state index contributed by atoms with van der Waals surface area (Å²) >= 11 is 7.61. The third-order valence-corrected chi connectivity index (χ3v) is 4.38. The summed E-state index contributed by atoms with van der Waals surface area (Å²) in [5, 5.41) is 0.329. The lowest BCUT2D eigenvalue weighted by Gasteiger charge is -2.37. The van der Waals surface area contributed by atoms with Crippen LogP contribution in [-0.2, 0) is 4.79 Å². The van der Waals surface area contributed by atoms with Crippen LogP contribution in [0.1, 0.15) is 20.8 Å². The van der Waals surface area contributed by atoms with Gasteiger partial charge < -0.3 is 0 Å². The molecule has 0 spiro atoms. The fraction of sp³-hybridized carbons (Fsp3) is 0.357. The molecule has 1 nitrogen and oxygen atoms in total. The Morgan fingerprint density at radius 3 is 2.29 bits per heavy atom.